The van der Waals surface area contributed by atoms with Crippen LogP contribution in [-0.4, -0.2) is 47.0 Å². The molecule has 20 heavy (non-hydrogen) atoms. The van der Waals surface area contributed by atoms with E-state index >= 15 is 0 Å². The molecule has 0 bridgehead atoms. The molecule has 7 heteroatoms. The molecule has 2 heterocycles. The van der Waals surface area contributed by atoms with E-state index in [9.17, 15) is 9.59 Å². The van der Waals surface area contributed by atoms with E-state index in [-0.39, 0.29) is 11.7 Å². The first-order chi connectivity index (χ1) is 9.51. The molecule has 0 atom stereocenters. The minimum atomic E-state index is -0.463. The summed E-state index contributed by atoms with van der Waals surface area (Å²) in [6.45, 7) is 2.04. The fourth-order valence-corrected chi connectivity index (χ4v) is 1.60. The normalized spacial score (nSPS) is 10.3. The van der Waals surface area contributed by atoms with Crippen LogP contribution in [0, 0.1) is 0 Å². The van der Waals surface area contributed by atoms with Gasteiger partial charge in [-0.25, -0.2) is 14.6 Å². The van der Waals surface area contributed by atoms with Crippen LogP contribution in [0.4, 0.5) is 10.5 Å². The summed E-state index contributed by atoms with van der Waals surface area (Å²) in [5, 5.41) is 2.72. The zero-order valence-electron chi connectivity index (χ0n) is 11.6. The van der Waals surface area contributed by atoms with Gasteiger partial charge in [0.05, 0.1) is 12.3 Å². The summed E-state index contributed by atoms with van der Waals surface area (Å²) in [7, 11) is 3.31. The van der Waals surface area contributed by atoms with Gasteiger partial charge in [0, 0.05) is 26.5 Å². The van der Waals surface area contributed by atoms with Crippen LogP contribution in [0.2, 0.25) is 0 Å². The number of imidazole rings is 1. The number of ether oxygens (including phenoxy) is 1. The zero-order chi connectivity index (χ0) is 14.7. The Bertz CT molecular complexity index is 648. The first-order valence-electron chi connectivity index (χ1n) is 6.15. The molecule has 0 aliphatic heterocycles. The van der Waals surface area contributed by atoms with Crippen molar-refractivity contribution in [3.05, 3.63) is 30.2 Å². The maximum Gasteiger partial charge on any atom is 0.358 e. The minimum Gasteiger partial charge on any atom is -0.461 e. The first-order valence-corrected chi connectivity index (χ1v) is 6.15. The summed E-state index contributed by atoms with van der Waals surface area (Å²) in [5.41, 5.74) is 1.46. The van der Waals surface area contributed by atoms with Crippen molar-refractivity contribution in [3.63, 3.8) is 0 Å². The van der Waals surface area contributed by atoms with E-state index in [2.05, 4.69) is 10.3 Å². The molecule has 0 fully saturated rings. The quantitative estimate of drug-likeness (QED) is 0.864. The van der Waals surface area contributed by atoms with Crippen molar-refractivity contribution in [1.82, 2.24) is 14.3 Å². The molecule has 0 aromatic carbocycles. The summed E-state index contributed by atoms with van der Waals surface area (Å²) in [6, 6.07) is 3.21. The fourth-order valence-electron chi connectivity index (χ4n) is 1.60. The Kier molecular flexibility index (Phi) is 3.88. The predicted octanol–water partition coefficient (Wildman–Crippen LogP) is 1.60. The number of esters is 1. The third-order valence-electron chi connectivity index (χ3n) is 2.59. The smallest absolute Gasteiger partial charge is 0.358 e. The molecule has 0 radical (unpaired) electrons. The molecule has 2 aromatic heterocycles. The molecule has 7 nitrogen and oxygen atoms in total. The zero-order valence-corrected chi connectivity index (χ0v) is 11.6. The number of carbonyl (C=O) groups is 2. The van der Waals surface area contributed by atoms with Gasteiger partial charge in [-0.2, -0.15) is 0 Å². The average Bonchev–Trinajstić information content (AvgIpc) is 2.82. The van der Waals surface area contributed by atoms with Gasteiger partial charge < -0.3 is 19.4 Å². The Morgan fingerprint density at radius 1 is 1.35 bits per heavy atom. The van der Waals surface area contributed by atoms with Gasteiger partial charge in [0.15, 0.2) is 5.69 Å². The molecule has 0 aliphatic carbocycles. The largest absolute Gasteiger partial charge is 0.461 e. The predicted molar refractivity (Wildman–Crippen MR) is 73.9 cm³/mol. The number of aromatic nitrogens is 2. The Morgan fingerprint density at radius 3 is 2.75 bits per heavy atom. The van der Waals surface area contributed by atoms with Crippen molar-refractivity contribution >= 4 is 23.3 Å². The van der Waals surface area contributed by atoms with E-state index in [0.29, 0.717) is 17.9 Å². The van der Waals surface area contributed by atoms with Gasteiger partial charge in [0.25, 0.3) is 0 Å². The SMILES string of the molecule is CCOC(=O)c1cn2cc(NC(=O)N(C)C)ccc2n1. The molecule has 2 aromatic rings. The Labute approximate surface area is 116 Å². The standard InChI is InChI=1S/C13H16N4O3/c1-4-20-12(18)10-8-17-7-9(5-6-11(17)15-10)14-13(19)16(2)3/h5-8H,4H2,1-3H3,(H,14,19). The molecule has 0 saturated heterocycles. The number of anilines is 1. The van der Waals surface area contributed by atoms with Crippen LogP contribution in [0.1, 0.15) is 17.4 Å². The second kappa shape index (κ2) is 5.60. The van der Waals surface area contributed by atoms with Crippen LogP contribution in [0.5, 0.6) is 0 Å². The van der Waals surface area contributed by atoms with E-state index in [1.165, 1.54) is 4.90 Å². The molecule has 2 rings (SSSR count). The molecule has 1 N–H and O–H groups in total. The number of hydrogen-bond acceptors (Lipinski definition) is 4. The maximum absolute atomic E-state index is 11.6. The number of fused-ring (bicyclic) bond motifs is 1. The molecule has 2 amide bonds. The van der Waals surface area contributed by atoms with E-state index in [4.69, 9.17) is 4.74 Å². The summed E-state index contributed by atoms with van der Waals surface area (Å²) in [6.07, 6.45) is 3.26. The number of rotatable bonds is 3. The third-order valence-corrected chi connectivity index (χ3v) is 2.59. The summed E-state index contributed by atoms with van der Waals surface area (Å²) < 4.78 is 6.56. The van der Waals surface area contributed by atoms with Crippen LogP contribution >= 0.6 is 0 Å². The van der Waals surface area contributed by atoms with Crippen molar-refractivity contribution in [2.45, 2.75) is 6.92 Å². The summed E-state index contributed by atoms with van der Waals surface area (Å²) >= 11 is 0. The first kappa shape index (κ1) is 13.9. The number of nitrogens with one attached hydrogen (secondary N) is 1. The van der Waals surface area contributed by atoms with Crippen molar-refractivity contribution in [2.24, 2.45) is 0 Å². The lowest BCUT2D eigenvalue weighted by atomic mass is 10.4. The van der Waals surface area contributed by atoms with Crippen LogP contribution in [-0.2, 0) is 4.74 Å². The molecular weight excluding hydrogens is 260 g/mol. The highest BCUT2D eigenvalue weighted by molar-refractivity contribution is 5.89. The van der Waals surface area contributed by atoms with Crippen molar-refractivity contribution in [2.75, 3.05) is 26.0 Å². The topological polar surface area (TPSA) is 75.9 Å². The van der Waals surface area contributed by atoms with Gasteiger partial charge in [-0.3, -0.25) is 0 Å². The number of amides is 2. The highest BCUT2D eigenvalue weighted by atomic mass is 16.5. The Morgan fingerprint density at radius 2 is 2.10 bits per heavy atom. The Balaban J connectivity index is 2.26. The number of urea groups is 1. The Hall–Kier alpha value is -2.57. The second-order valence-electron chi connectivity index (χ2n) is 4.35. The molecule has 0 saturated carbocycles. The average molecular weight is 276 g/mol. The number of carbonyl (C=O) groups excluding carboxylic acids is 2. The highest BCUT2D eigenvalue weighted by Crippen LogP contribution is 2.12. The van der Waals surface area contributed by atoms with Gasteiger partial charge in [-0.1, -0.05) is 0 Å². The van der Waals surface area contributed by atoms with E-state index in [1.807, 2.05) is 0 Å². The van der Waals surface area contributed by atoms with Crippen LogP contribution in [0.3, 0.4) is 0 Å². The van der Waals surface area contributed by atoms with Gasteiger partial charge in [0.2, 0.25) is 0 Å². The molecule has 0 unspecified atom stereocenters. The molecule has 106 valence electrons. The lowest BCUT2D eigenvalue weighted by Crippen LogP contribution is -2.27. The van der Waals surface area contributed by atoms with E-state index < -0.39 is 5.97 Å². The van der Waals surface area contributed by atoms with Crippen molar-refractivity contribution in [1.29, 1.82) is 0 Å². The number of hydrogen-bond donors (Lipinski definition) is 1. The van der Waals surface area contributed by atoms with E-state index in [1.54, 1.807) is 49.9 Å². The molecule has 0 spiro atoms. The van der Waals surface area contributed by atoms with Crippen LogP contribution in [0.25, 0.3) is 5.65 Å². The molecular formula is C13H16N4O3. The van der Waals surface area contributed by atoms with Gasteiger partial charge in [-0.05, 0) is 19.1 Å². The minimum absolute atomic E-state index is 0.227. The molecule has 0 aliphatic rings. The van der Waals surface area contributed by atoms with Gasteiger partial charge in [-0.15, -0.1) is 0 Å². The number of nitrogens with zero attached hydrogens (tertiary/aromatic N) is 3. The summed E-state index contributed by atoms with van der Waals surface area (Å²) in [4.78, 5) is 28.7. The monoisotopic (exact) mass is 276 g/mol. The van der Waals surface area contributed by atoms with Gasteiger partial charge >= 0.3 is 12.0 Å². The fraction of sp³-hybridized carbons (Fsp3) is 0.308. The van der Waals surface area contributed by atoms with Gasteiger partial charge in [0.1, 0.15) is 5.65 Å². The lowest BCUT2D eigenvalue weighted by Gasteiger charge is -2.11. The number of pyridine rings is 1. The highest BCUT2D eigenvalue weighted by Gasteiger charge is 2.12. The third kappa shape index (κ3) is 2.87. The van der Waals surface area contributed by atoms with Crippen LogP contribution < -0.4 is 5.32 Å². The lowest BCUT2D eigenvalue weighted by molar-refractivity contribution is 0.0520. The van der Waals surface area contributed by atoms with Crippen molar-refractivity contribution in [3.8, 4) is 0 Å². The van der Waals surface area contributed by atoms with E-state index in [0.717, 1.165) is 0 Å². The second-order valence-corrected chi connectivity index (χ2v) is 4.35. The summed E-state index contributed by atoms with van der Waals surface area (Å²) in [5.74, 6) is -0.463. The van der Waals surface area contributed by atoms with Crippen LogP contribution in [0.15, 0.2) is 24.5 Å². The van der Waals surface area contributed by atoms with Crippen molar-refractivity contribution < 1.29 is 14.3 Å². The maximum atomic E-state index is 11.6.